The minimum absolute atomic E-state index is 0.0807. The van der Waals surface area contributed by atoms with Crippen LogP contribution in [0.5, 0.6) is 0 Å². The largest absolute Gasteiger partial charge is 0.396 e. The van der Waals surface area contributed by atoms with E-state index in [2.05, 4.69) is 0 Å². The molecular weight excluding hydrogens is 368 g/mol. The lowest BCUT2D eigenvalue weighted by Crippen LogP contribution is -2.42. The lowest BCUT2D eigenvalue weighted by molar-refractivity contribution is -0.109. The molecule has 0 aromatic rings. The Labute approximate surface area is 169 Å². The highest BCUT2D eigenvalue weighted by molar-refractivity contribution is 4.79. The molecule has 0 aromatic heterocycles. The van der Waals surface area contributed by atoms with Crippen LogP contribution in [0.2, 0.25) is 0 Å². The van der Waals surface area contributed by atoms with Crippen LogP contribution in [-0.2, 0) is 18.9 Å². The van der Waals surface area contributed by atoms with E-state index in [0.29, 0.717) is 72.1 Å². The van der Waals surface area contributed by atoms with Gasteiger partial charge in [0, 0.05) is 52.9 Å². The molecule has 8 heteroatoms. The molecule has 0 amide bonds. The van der Waals surface area contributed by atoms with Crippen LogP contribution in [0.15, 0.2) is 0 Å². The molecule has 0 rings (SSSR count). The standard InChI is InChI=1S/C20H42O8/c21-8-3-1-2-4-12-25-16-20(17-26-13-5-9-22,18-27-14-6-10-23)19-28-15-7-11-24/h21-24H,1-19H2. The normalized spacial score (nSPS) is 12.0. The molecule has 0 fully saturated rings. The number of aliphatic hydroxyl groups excluding tert-OH is 4. The van der Waals surface area contributed by atoms with E-state index in [1.54, 1.807) is 0 Å². The van der Waals surface area contributed by atoms with Gasteiger partial charge in [-0.3, -0.25) is 0 Å². The number of aliphatic hydroxyl groups is 4. The molecule has 0 aromatic carbocycles. The summed E-state index contributed by atoms with van der Waals surface area (Å²) < 4.78 is 23.1. The molecule has 0 aliphatic heterocycles. The maximum absolute atomic E-state index is 8.94. The van der Waals surface area contributed by atoms with Gasteiger partial charge in [0.1, 0.15) is 0 Å². The van der Waals surface area contributed by atoms with Crippen molar-refractivity contribution in [2.24, 2.45) is 5.41 Å². The fourth-order valence-corrected chi connectivity index (χ4v) is 2.57. The summed E-state index contributed by atoms with van der Waals surface area (Å²) in [6.07, 6.45) is 5.46. The summed E-state index contributed by atoms with van der Waals surface area (Å²) in [6.45, 7) is 4.02. The van der Waals surface area contributed by atoms with Gasteiger partial charge < -0.3 is 39.4 Å². The third-order valence-electron chi connectivity index (χ3n) is 4.17. The Balaban J connectivity index is 4.58. The van der Waals surface area contributed by atoms with E-state index in [-0.39, 0.29) is 26.4 Å². The zero-order valence-electron chi connectivity index (χ0n) is 17.4. The lowest BCUT2D eigenvalue weighted by atomic mass is 9.92. The van der Waals surface area contributed by atoms with Crippen molar-refractivity contribution >= 4 is 0 Å². The molecule has 0 spiro atoms. The molecule has 8 nitrogen and oxygen atoms in total. The summed E-state index contributed by atoms with van der Waals surface area (Å²) in [4.78, 5) is 0. The molecule has 0 unspecified atom stereocenters. The Bertz CT molecular complexity index is 273. The van der Waals surface area contributed by atoms with E-state index in [1.807, 2.05) is 0 Å². The van der Waals surface area contributed by atoms with Crippen molar-refractivity contribution in [2.45, 2.75) is 44.9 Å². The lowest BCUT2D eigenvalue weighted by Gasteiger charge is -2.33. The van der Waals surface area contributed by atoms with E-state index < -0.39 is 5.41 Å². The van der Waals surface area contributed by atoms with Gasteiger partial charge in [-0.05, 0) is 32.1 Å². The highest BCUT2D eigenvalue weighted by Gasteiger charge is 2.32. The molecule has 0 aliphatic rings. The number of hydrogen-bond donors (Lipinski definition) is 4. The van der Waals surface area contributed by atoms with Gasteiger partial charge in [0.15, 0.2) is 0 Å². The third-order valence-corrected chi connectivity index (χ3v) is 4.17. The van der Waals surface area contributed by atoms with Gasteiger partial charge in [-0.1, -0.05) is 12.8 Å². The molecule has 0 radical (unpaired) electrons. The zero-order chi connectivity index (χ0) is 20.8. The van der Waals surface area contributed by atoms with E-state index in [4.69, 9.17) is 39.4 Å². The first-order valence-electron chi connectivity index (χ1n) is 10.5. The number of hydrogen-bond acceptors (Lipinski definition) is 8. The van der Waals surface area contributed by atoms with E-state index in [1.165, 1.54) is 0 Å². The fourth-order valence-electron chi connectivity index (χ4n) is 2.57. The van der Waals surface area contributed by atoms with Crippen molar-refractivity contribution in [1.82, 2.24) is 0 Å². The first-order chi connectivity index (χ1) is 13.7. The molecule has 0 saturated carbocycles. The number of unbranched alkanes of at least 4 members (excludes halogenated alkanes) is 3. The molecule has 28 heavy (non-hydrogen) atoms. The fraction of sp³-hybridized carbons (Fsp3) is 1.00. The zero-order valence-corrected chi connectivity index (χ0v) is 17.4. The second kappa shape index (κ2) is 21.4. The van der Waals surface area contributed by atoms with E-state index >= 15 is 0 Å². The van der Waals surface area contributed by atoms with Gasteiger partial charge in [0.25, 0.3) is 0 Å². The van der Waals surface area contributed by atoms with Crippen LogP contribution in [0.25, 0.3) is 0 Å². The molecule has 0 bridgehead atoms. The van der Waals surface area contributed by atoms with E-state index in [9.17, 15) is 0 Å². The second-order valence-electron chi connectivity index (χ2n) is 7.08. The van der Waals surface area contributed by atoms with Crippen molar-refractivity contribution in [3.63, 3.8) is 0 Å². The highest BCUT2D eigenvalue weighted by atomic mass is 16.5. The highest BCUT2D eigenvalue weighted by Crippen LogP contribution is 2.21. The first kappa shape index (κ1) is 27.7. The summed E-state index contributed by atoms with van der Waals surface area (Å²) in [5, 5.41) is 35.6. The van der Waals surface area contributed by atoms with Gasteiger partial charge in [0.05, 0.1) is 31.8 Å². The topological polar surface area (TPSA) is 118 Å². The average molecular weight is 411 g/mol. The van der Waals surface area contributed by atoms with Crippen molar-refractivity contribution in [2.75, 3.05) is 79.3 Å². The molecule has 0 aliphatic carbocycles. The van der Waals surface area contributed by atoms with Crippen LogP contribution in [0.3, 0.4) is 0 Å². The monoisotopic (exact) mass is 410 g/mol. The Hall–Kier alpha value is -0.320. The molecule has 0 heterocycles. The Morgan fingerprint density at radius 3 is 1.07 bits per heavy atom. The smallest absolute Gasteiger partial charge is 0.0637 e. The molecule has 170 valence electrons. The summed E-state index contributed by atoms with van der Waals surface area (Å²) >= 11 is 0. The van der Waals surface area contributed by atoms with Crippen molar-refractivity contribution < 1.29 is 39.4 Å². The van der Waals surface area contributed by atoms with Gasteiger partial charge in [0.2, 0.25) is 0 Å². The van der Waals surface area contributed by atoms with Gasteiger partial charge in [-0.15, -0.1) is 0 Å². The van der Waals surface area contributed by atoms with Crippen molar-refractivity contribution in [3.05, 3.63) is 0 Å². The van der Waals surface area contributed by atoms with Crippen molar-refractivity contribution in [1.29, 1.82) is 0 Å². The minimum Gasteiger partial charge on any atom is -0.396 e. The number of ether oxygens (including phenoxy) is 4. The average Bonchev–Trinajstić information content (AvgIpc) is 2.71. The molecule has 0 saturated heterocycles. The van der Waals surface area contributed by atoms with Crippen molar-refractivity contribution in [3.8, 4) is 0 Å². The second-order valence-corrected chi connectivity index (χ2v) is 7.08. The first-order valence-corrected chi connectivity index (χ1v) is 10.5. The summed E-state index contributed by atoms with van der Waals surface area (Å²) in [6, 6.07) is 0. The van der Waals surface area contributed by atoms with Gasteiger partial charge in [-0.2, -0.15) is 0 Å². The summed E-state index contributed by atoms with van der Waals surface area (Å²) in [5.41, 5.74) is -0.481. The Morgan fingerprint density at radius 1 is 0.393 bits per heavy atom. The molecule has 0 atom stereocenters. The minimum atomic E-state index is -0.481. The molecule has 4 N–H and O–H groups in total. The van der Waals surface area contributed by atoms with Crippen LogP contribution in [0.1, 0.15) is 44.9 Å². The Kier molecular flexibility index (Phi) is 21.1. The van der Waals surface area contributed by atoms with Gasteiger partial charge in [-0.25, -0.2) is 0 Å². The maximum Gasteiger partial charge on any atom is 0.0637 e. The van der Waals surface area contributed by atoms with Crippen LogP contribution < -0.4 is 0 Å². The van der Waals surface area contributed by atoms with Gasteiger partial charge >= 0.3 is 0 Å². The third kappa shape index (κ3) is 16.6. The van der Waals surface area contributed by atoms with Crippen LogP contribution in [0.4, 0.5) is 0 Å². The van der Waals surface area contributed by atoms with Crippen LogP contribution in [0, 0.1) is 5.41 Å². The predicted octanol–water partition coefficient (Wildman–Crippen LogP) is 0.739. The quantitative estimate of drug-likeness (QED) is 0.182. The molecular formula is C20H42O8. The summed E-state index contributed by atoms with van der Waals surface area (Å²) in [7, 11) is 0. The summed E-state index contributed by atoms with van der Waals surface area (Å²) in [5.74, 6) is 0. The Morgan fingerprint density at radius 2 is 0.714 bits per heavy atom. The maximum atomic E-state index is 8.94. The van der Waals surface area contributed by atoms with Crippen LogP contribution in [-0.4, -0.2) is 99.7 Å². The van der Waals surface area contributed by atoms with Crippen LogP contribution >= 0.6 is 0 Å². The SMILES string of the molecule is OCCCCCCOCC(COCCCO)(COCCCO)COCCCO. The van der Waals surface area contributed by atoms with E-state index in [0.717, 1.165) is 25.7 Å². The predicted molar refractivity (Wildman–Crippen MR) is 106 cm³/mol. The number of rotatable bonds is 23.